The van der Waals surface area contributed by atoms with Crippen molar-refractivity contribution in [3.05, 3.63) is 35.9 Å². The SMILES string of the molecule is CC1OC(OC2C(CO)OCCC2OC2OC(CO)C(O)C(O[C@@H](CC3CCCCC3)C(=O)O)C2OCc2ccccc2)C(O)C(O)C1O. The molecular weight excluding hydrogens is 648 g/mol. The number of aliphatic hydroxyl groups excluding tert-OH is 6. The van der Waals surface area contributed by atoms with Crippen LogP contribution in [0.15, 0.2) is 30.3 Å². The molecule has 0 amide bonds. The molecule has 3 heterocycles. The summed E-state index contributed by atoms with van der Waals surface area (Å²) in [5.74, 6) is -1.04. The molecule has 4 aliphatic rings. The van der Waals surface area contributed by atoms with Crippen molar-refractivity contribution < 1.29 is 73.7 Å². The molecule has 278 valence electrons. The molecule has 14 atom stereocenters. The van der Waals surface area contributed by atoms with Gasteiger partial charge < -0.3 is 68.9 Å². The van der Waals surface area contributed by atoms with Gasteiger partial charge in [-0.2, -0.15) is 0 Å². The molecule has 13 unspecified atom stereocenters. The van der Waals surface area contributed by atoms with Crippen molar-refractivity contribution in [2.24, 2.45) is 5.92 Å². The molecule has 0 bridgehead atoms. The van der Waals surface area contributed by atoms with Gasteiger partial charge in [-0.15, -0.1) is 0 Å². The third kappa shape index (κ3) is 9.54. The number of benzene rings is 1. The highest BCUT2D eigenvalue weighted by atomic mass is 16.7. The average molecular weight is 701 g/mol. The number of aliphatic hydroxyl groups is 6. The molecule has 3 aliphatic heterocycles. The van der Waals surface area contributed by atoms with Crippen LogP contribution in [0, 0.1) is 5.92 Å². The van der Waals surface area contributed by atoms with E-state index in [1.54, 1.807) is 0 Å². The van der Waals surface area contributed by atoms with Crippen molar-refractivity contribution in [1.29, 1.82) is 0 Å². The topological polar surface area (TPSA) is 223 Å². The Morgan fingerprint density at radius 3 is 2.20 bits per heavy atom. The van der Waals surface area contributed by atoms with Crippen LogP contribution in [0.2, 0.25) is 0 Å². The molecule has 0 spiro atoms. The first kappa shape index (κ1) is 38.4. The van der Waals surface area contributed by atoms with Gasteiger partial charge in [-0.1, -0.05) is 62.4 Å². The summed E-state index contributed by atoms with van der Waals surface area (Å²) >= 11 is 0. The fourth-order valence-electron chi connectivity index (χ4n) is 7.14. The van der Waals surface area contributed by atoms with Crippen LogP contribution < -0.4 is 0 Å². The number of carboxylic acid groups (broad SMARTS) is 1. The van der Waals surface area contributed by atoms with E-state index in [1.807, 2.05) is 30.3 Å². The fourth-order valence-corrected chi connectivity index (χ4v) is 7.14. The Morgan fingerprint density at radius 1 is 0.816 bits per heavy atom. The second-order valence-electron chi connectivity index (χ2n) is 13.5. The lowest BCUT2D eigenvalue weighted by molar-refractivity contribution is -0.361. The molecule has 5 rings (SSSR count). The van der Waals surface area contributed by atoms with E-state index in [0.29, 0.717) is 0 Å². The Balaban J connectivity index is 1.41. The molecule has 15 heteroatoms. The van der Waals surface area contributed by atoms with Crippen LogP contribution in [0.1, 0.15) is 57.4 Å². The summed E-state index contributed by atoms with van der Waals surface area (Å²) in [6.07, 6.45) is -12.3. The average Bonchev–Trinajstić information content (AvgIpc) is 3.11. The van der Waals surface area contributed by atoms with E-state index in [0.717, 1.165) is 37.7 Å². The zero-order valence-corrected chi connectivity index (χ0v) is 27.7. The smallest absolute Gasteiger partial charge is 0.332 e. The van der Waals surface area contributed by atoms with E-state index in [-0.39, 0.29) is 32.0 Å². The zero-order chi connectivity index (χ0) is 35.1. The monoisotopic (exact) mass is 700 g/mol. The van der Waals surface area contributed by atoms with Crippen LogP contribution in [-0.2, 0) is 44.6 Å². The van der Waals surface area contributed by atoms with Gasteiger partial charge in [0.2, 0.25) is 0 Å². The van der Waals surface area contributed by atoms with Gasteiger partial charge >= 0.3 is 5.97 Å². The maximum atomic E-state index is 12.5. The summed E-state index contributed by atoms with van der Waals surface area (Å²) < 4.78 is 42.5. The molecule has 49 heavy (non-hydrogen) atoms. The molecule has 4 fully saturated rings. The minimum Gasteiger partial charge on any atom is -0.479 e. The summed E-state index contributed by atoms with van der Waals surface area (Å²) in [5.41, 5.74) is 0.779. The second-order valence-corrected chi connectivity index (χ2v) is 13.5. The molecule has 7 N–H and O–H groups in total. The van der Waals surface area contributed by atoms with Crippen molar-refractivity contribution >= 4 is 5.97 Å². The maximum absolute atomic E-state index is 12.5. The molecule has 1 aliphatic carbocycles. The van der Waals surface area contributed by atoms with Crippen molar-refractivity contribution in [1.82, 2.24) is 0 Å². The lowest BCUT2D eigenvalue weighted by Crippen LogP contribution is -2.64. The summed E-state index contributed by atoms with van der Waals surface area (Å²) in [4.78, 5) is 12.5. The van der Waals surface area contributed by atoms with Crippen LogP contribution in [0.4, 0.5) is 0 Å². The van der Waals surface area contributed by atoms with Crippen LogP contribution >= 0.6 is 0 Å². The summed E-state index contributed by atoms with van der Waals surface area (Å²) in [6.45, 7) is 0.532. The summed E-state index contributed by atoms with van der Waals surface area (Å²) in [6, 6.07) is 9.18. The Labute approximate surface area is 285 Å². The van der Waals surface area contributed by atoms with Crippen molar-refractivity contribution in [2.45, 2.75) is 144 Å². The number of hydrogen-bond acceptors (Lipinski definition) is 14. The summed E-state index contributed by atoms with van der Waals surface area (Å²) in [5, 5.41) is 73.2. The van der Waals surface area contributed by atoms with E-state index in [1.165, 1.54) is 6.92 Å². The quantitative estimate of drug-likeness (QED) is 0.134. The Kier molecular flexibility index (Phi) is 14.2. The normalized spacial score (nSPS) is 39.8. The first-order valence-electron chi connectivity index (χ1n) is 17.3. The van der Waals surface area contributed by atoms with E-state index >= 15 is 0 Å². The van der Waals surface area contributed by atoms with Crippen molar-refractivity contribution in [3.8, 4) is 0 Å². The van der Waals surface area contributed by atoms with Crippen molar-refractivity contribution in [2.75, 3.05) is 19.8 Å². The minimum atomic E-state index is -1.63. The molecule has 1 aromatic rings. The Morgan fingerprint density at radius 2 is 1.53 bits per heavy atom. The molecule has 0 radical (unpaired) electrons. The maximum Gasteiger partial charge on any atom is 0.332 e. The minimum absolute atomic E-state index is 0.0264. The first-order chi connectivity index (χ1) is 23.6. The number of rotatable bonds is 14. The second kappa shape index (κ2) is 18.1. The number of aliphatic carboxylic acids is 1. The predicted molar refractivity (Wildman–Crippen MR) is 168 cm³/mol. The third-order valence-corrected chi connectivity index (χ3v) is 10.0. The van der Waals surface area contributed by atoms with Crippen LogP contribution in [0.5, 0.6) is 0 Å². The van der Waals surface area contributed by atoms with Crippen LogP contribution in [0.25, 0.3) is 0 Å². The Hall–Kier alpha value is -1.83. The van der Waals surface area contributed by atoms with Gasteiger partial charge in [0.25, 0.3) is 0 Å². The fraction of sp³-hybridized carbons (Fsp3) is 0.794. The lowest BCUT2D eigenvalue weighted by atomic mass is 9.85. The highest BCUT2D eigenvalue weighted by molar-refractivity contribution is 5.72. The number of hydrogen-bond donors (Lipinski definition) is 7. The number of carbonyl (C=O) groups is 1. The number of ether oxygens (including phenoxy) is 7. The largest absolute Gasteiger partial charge is 0.479 e. The highest BCUT2D eigenvalue weighted by Gasteiger charge is 2.52. The molecule has 3 saturated heterocycles. The first-order valence-corrected chi connectivity index (χ1v) is 17.3. The molecule has 0 aromatic heterocycles. The highest BCUT2D eigenvalue weighted by Crippen LogP contribution is 2.35. The molecular formula is C34H52O15. The zero-order valence-electron chi connectivity index (χ0n) is 27.7. The van der Waals surface area contributed by atoms with Gasteiger partial charge in [0, 0.05) is 6.61 Å². The molecule has 15 nitrogen and oxygen atoms in total. The molecule has 1 aromatic carbocycles. The van der Waals surface area contributed by atoms with Gasteiger partial charge in [-0.25, -0.2) is 4.79 Å². The predicted octanol–water partition coefficient (Wildman–Crippen LogP) is -0.162. The Bertz CT molecular complexity index is 1140. The van der Waals surface area contributed by atoms with Gasteiger partial charge in [0.15, 0.2) is 18.7 Å². The van der Waals surface area contributed by atoms with Crippen molar-refractivity contribution in [3.63, 3.8) is 0 Å². The van der Waals surface area contributed by atoms with Gasteiger partial charge in [-0.05, 0) is 31.2 Å². The summed E-state index contributed by atoms with van der Waals surface area (Å²) in [7, 11) is 0. The van der Waals surface area contributed by atoms with E-state index in [9.17, 15) is 40.5 Å². The van der Waals surface area contributed by atoms with E-state index < -0.39 is 105 Å². The number of carboxylic acids is 1. The van der Waals surface area contributed by atoms with Crippen LogP contribution in [0.3, 0.4) is 0 Å². The van der Waals surface area contributed by atoms with Gasteiger partial charge in [0.1, 0.15) is 54.9 Å². The molecule has 1 saturated carbocycles. The van der Waals surface area contributed by atoms with E-state index in [4.69, 9.17) is 33.2 Å². The van der Waals surface area contributed by atoms with Gasteiger partial charge in [0.05, 0.1) is 32.0 Å². The van der Waals surface area contributed by atoms with Gasteiger partial charge in [-0.3, -0.25) is 0 Å². The standard InChI is InChI=1S/C34H52O15/c1-18-25(37)27(39)28(40)33(45-18)49-29-21(12-13-43-24(29)16-36)47-34-31(44-17-20-10-6-3-7-11-20)30(26(38)23(15-35)48-34)46-22(32(41)42)14-19-8-4-2-5-9-19/h3,6-7,10-11,18-19,21-31,33-40H,2,4-5,8-9,12-17H2,1H3,(H,41,42)/t18?,21?,22-,23?,24?,25?,26?,27?,28?,29?,30?,31?,33?,34?/m0/s1. The third-order valence-electron chi connectivity index (χ3n) is 10.0. The van der Waals surface area contributed by atoms with Crippen LogP contribution in [-0.4, -0.2) is 147 Å². The van der Waals surface area contributed by atoms with E-state index in [2.05, 4.69) is 0 Å². The lowest BCUT2D eigenvalue weighted by Gasteiger charge is -2.48.